The molecule has 3 N–H and O–H groups in total. The van der Waals surface area contributed by atoms with Crippen LogP contribution in [0.15, 0.2) is 41.3 Å². The Balaban J connectivity index is 2.47. The molecule has 2 heterocycles. The lowest BCUT2D eigenvalue weighted by molar-refractivity contribution is 0.724. The lowest BCUT2D eigenvalue weighted by Crippen LogP contribution is -2.26. The molecule has 0 amide bonds. The molecule has 6 heteroatoms. The average molecular weight is 289 g/mol. The molecule has 3 rings (SSSR count). The van der Waals surface area contributed by atoms with Gasteiger partial charge in [0, 0.05) is 39.8 Å². The van der Waals surface area contributed by atoms with E-state index in [0.717, 1.165) is 0 Å². The third-order valence-corrected chi connectivity index (χ3v) is 3.55. The van der Waals surface area contributed by atoms with Crippen LogP contribution in [0.2, 0.25) is 5.02 Å². The number of hydrogen-bond acceptors (Lipinski definition) is 3. The predicted octanol–water partition coefficient (Wildman–Crippen LogP) is 2.39. The van der Waals surface area contributed by atoms with E-state index in [1.807, 2.05) is 13.0 Å². The molecule has 0 aliphatic rings. The lowest BCUT2D eigenvalue weighted by Gasteiger charge is -2.15. The zero-order valence-electron chi connectivity index (χ0n) is 10.8. The van der Waals surface area contributed by atoms with Crippen LogP contribution in [0.5, 0.6) is 0 Å². The van der Waals surface area contributed by atoms with E-state index < -0.39 is 0 Å². The van der Waals surface area contributed by atoms with Gasteiger partial charge in [-0.1, -0.05) is 17.7 Å². The van der Waals surface area contributed by atoms with Gasteiger partial charge < -0.3 is 5.73 Å². The number of pyridine rings is 1. The molecule has 1 atom stereocenters. The summed E-state index contributed by atoms with van der Waals surface area (Å²) in [4.78, 5) is 12.7. The van der Waals surface area contributed by atoms with Crippen LogP contribution >= 0.6 is 11.6 Å². The molecule has 0 aliphatic heterocycles. The second-order valence-electron chi connectivity index (χ2n) is 4.63. The van der Waals surface area contributed by atoms with Crippen LogP contribution in [0.4, 0.5) is 0 Å². The molecule has 102 valence electrons. The molecule has 3 aromatic rings. The number of nitrogens with one attached hydrogen (secondary N) is 1. The molecule has 0 bridgehead atoms. The Morgan fingerprint density at radius 1 is 1.35 bits per heavy atom. The van der Waals surface area contributed by atoms with Gasteiger partial charge in [-0.3, -0.25) is 14.5 Å². The van der Waals surface area contributed by atoms with Crippen molar-refractivity contribution in [1.82, 2.24) is 14.8 Å². The van der Waals surface area contributed by atoms with Gasteiger partial charge in [-0.2, -0.15) is 5.10 Å². The van der Waals surface area contributed by atoms with Crippen molar-refractivity contribution >= 4 is 22.4 Å². The van der Waals surface area contributed by atoms with E-state index in [-0.39, 0.29) is 11.6 Å². The molecule has 0 saturated carbocycles. The molecule has 0 radical (unpaired) electrons. The van der Waals surface area contributed by atoms with Crippen LogP contribution in [0.3, 0.4) is 0 Å². The maximum atomic E-state index is 12.7. The van der Waals surface area contributed by atoms with Crippen molar-refractivity contribution in [2.45, 2.75) is 13.0 Å². The average Bonchev–Trinajstić information content (AvgIpc) is 2.93. The summed E-state index contributed by atoms with van der Waals surface area (Å²) in [6.45, 7) is 1.82. The van der Waals surface area contributed by atoms with Gasteiger partial charge in [0.1, 0.15) is 0 Å². The number of aromatic nitrogens is 3. The van der Waals surface area contributed by atoms with E-state index in [1.54, 1.807) is 30.5 Å². The lowest BCUT2D eigenvalue weighted by atomic mass is 10.1. The number of halogens is 1. The fraction of sp³-hybridized carbons (Fsp3) is 0.143. The van der Waals surface area contributed by atoms with E-state index in [1.165, 1.54) is 4.57 Å². The Morgan fingerprint density at radius 3 is 2.80 bits per heavy atom. The van der Waals surface area contributed by atoms with Gasteiger partial charge in [0.2, 0.25) is 0 Å². The van der Waals surface area contributed by atoms with Crippen LogP contribution in [-0.2, 0) is 0 Å². The number of aromatic amines is 1. The number of nitrogens with two attached hydrogens (primary N) is 1. The Kier molecular flexibility index (Phi) is 3.08. The maximum Gasteiger partial charge on any atom is 0.264 e. The van der Waals surface area contributed by atoms with Crippen LogP contribution in [-0.4, -0.2) is 14.8 Å². The van der Waals surface area contributed by atoms with Crippen LogP contribution in [0.25, 0.3) is 16.6 Å². The van der Waals surface area contributed by atoms with Gasteiger partial charge in [0.15, 0.2) is 5.82 Å². The SMILES string of the molecule is CC(N)c1cc2c(Cl)cccc2c(=O)n1-c1cc[nH]n1. The van der Waals surface area contributed by atoms with Gasteiger partial charge >= 0.3 is 0 Å². The summed E-state index contributed by atoms with van der Waals surface area (Å²) in [5, 5.41) is 8.56. The van der Waals surface area contributed by atoms with E-state index in [2.05, 4.69) is 10.2 Å². The fourth-order valence-electron chi connectivity index (χ4n) is 2.27. The molecule has 0 aliphatic carbocycles. The monoisotopic (exact) mass is 288 g/mol. The number of fused-ring (bicyclic) bond motifs is 1. The second-order valence-corrected chi connectivity index (χ2v) is 5.04. The smallest absolute Gasteiger partial charge is 0.264 e. The van der Waals surface area contributed by atoms with Crippen molar-refractivity contribution in [3.05, 3.63) is 57.6 Å². The van der Waals surface area contributed by atoms with Crippen LogP contribution in [0, 0.1) is 0 Å². The third-order valence-electron chi connectivity index (χ3n) is 3.22. The summed E-state index contributed by atoms with van der Waals surface area (Å²) in [7, 11) is 0. The highest BCUT2D eigenvalue weighted by atomic mass is 35.5. The van der Waals surface area contributed by atoms with Crippen molar-refractivity contribution in [1.29, 1.82) is 0 Å². The van der Waals surface area contributed by atoms with Gasteiger partial charge in [-0.05, 0) is 25.1 Å². The zero-order valence-corrected chi connectivity index (χ0v) is 11.6. The molecule has 1 aromatic carbocycles. The number of hydrogen-bond donors (Lipinski definition) is 2. The fourth-order valence-corrected chi connectivity index (χ4v) is 2.50. The van der Waals surface area contributed by atoms with Crippen molar-refractivity contribution in [2.75, 3.05) is 0 Å². The van der Waals surface area contributed by atoms with E-state index in [4.69, 9.17) is 17.3 Å². The molecule has 20 heavy (non-hydrogen) atoms. The second kappa shape index (κ2) is 4.77. The maximum absolute atomic E-state index is 12.7. The predicted molar refractivity (Wildman–Crippen MR) is 79.3 cm³/mol. The summed E-state index contributed by atoms with van der Waals surface area (Å²) < 4.78 is 1.51. The van der Waals surface area contributed by atoms with Crippen molar-refractivity contribution in [3.63, 3.8) is 0 Å². The first-order valence-corrected chi connectivity index (χ1v) is 6.57. The van der Waals surface area contributed by atoms with Crippen molar-refractivity contribution < 1.29 is 0 Å². The van der Waals surface area contributed by atoms with Crippen molar-refractivity contribution in [2.24, 2.45) is 5.73 Å². The summed E-state index contributed by atoms with van der Waals surface area (Å²) in [5.41, 5.74) is 6.48. The highest BCUT2D eigenvalue weighted by molar-refractivity contribution is 6.35. The molecule has 0 saturated heterocycles. The summed E-state index contributed by atoms with van der Waals surface area (Å²) in [6.07, 6.45) is 1.66. The number of H-pyrrole nitrogens is 1. The third kappa shape index (κ3) is 1.92. The van der Waals surface area contributed by atoms with E-state index in [9.17, 15) is 4.79 Å². The first-order chi connectivity index (χ1) is 9.59. The van der Waals surface area contributed by atoms with Gasteiger partial charge in [-0.15, -0.1) is 0 Å². The Labute approximate surface area is 120 Å². The first-order valence-electron chi connectivity index (χ1n) is 6.19. The van der Waals surface area contributed by atoms with Crippen molar-refractivity contribution in [3.8, 4) is 5.82 Å². The minimum absolute atomic E-state index is 0.176. The molecular formula is C14H13ClN4O. The minimum atomic E-state index is -0.319. The summed E-state index contributed by atoms with van der Waals surface area (Å²) >= 11 is 6.17. The van der Waals surface area contributed by atoms with Gasteiger partial charge in [-0.25, -0.2) is 0 Å². The quantitative estimate of drug-likeness (QED) is 0.760. The van der Waals surface area contributed by atoms with Crippen LogP contribution < -0.4 is 11.3 Å². The molecule has 0 fully saturated rings. The first kappa shape index (κ1) is 12.9. The Bertz CT molecular complexity index is 821. The molecule has 5 nitrogen and oxygen atoms in total. The number of rotatable bonds is 2. The molecule has 0 spiro atoms. The van der Waals surface area contributed by atoms with Crippen LogP contribution in [0.1, 0.15) is 18.7 Å². The Morgan fingerprint density at radius 2 is 2.15 bits per heavy atom. The van der Waals surface area contributed by atoms with Gasteiger partial charge in [0.05, 0.1) is 0 Å². The highest BCUT2D eigenvalue weighted by Crippen LogP contribution is 2.24. The molecule has 2 aromatic heterocycles. The van der Waals surface area contributed by atoms with E-state index in [0.29, 0.717) is 27.3 Å². The zero-order chi connectivity index (χ0) is 14.3. The normalized spacial score (nSPS) is 12.8. The van der Waals surface area contributed by atoms with E-state index >= 15 is 0 Å². The van der Waals surface area contributed by atoms with Gasteiger partial charge in [0.25, 0.3) is 5.56 Å². The largest absolute Gasteiger partial charge is 0.323 e. The molecular weight excluding hydrogens is 276 g/mol. The minimum Gasteiger partial charge on any atom is -0.323 e. The summed E-state index contributed by atoms with van der Waals surface area (Å²) in [5.74, 6) is 0.518. The summed E-state index contributed by atoms with van der Waals surface area (Å²) in [6, 6.07) is 8.51. The highest BCUT2D eigenvalue weighted by Gasteiger charge is 2.16. The number of benzene rings is 1. The topological polar surface area (TPSA) is 76.7 Å². The number of nitrogens with zero attached hydrogens (tertiary/aromatic N) is 2. The standard InChI is InChI=1S/C14H13ClN4O/c1-8(16)12-7-10-9(3-2-4-11(10)15)14(20)19(12)13-5-6-17-18-13/h2-8H,16H2,1H3,(H,17,18). The molecule has 1 unspecified atom stereocenters. The Hall–Kier alpha value is -2.11.